The highest BCUT2D eigenvalue weighted by molar-refractivity contribution is 5.93. The summed E-state index contributed by atoms with van der Waals surface area (Å²) < 4.78 is 6.79. The first kappa shape index (κ1) is 17.1. The van der Waals surface area contributed by atoms with Crippen LogP contribution in [-0.2, 0) is 4.74 Å². The minimum absolute atomic E-state index is 0.279. The summed E-state index contributed by atoms with van der Waals surface area (Å²) in [4.78, 5) is 0. The maximum absolute atomic E-state index is 8.27. The van der Waals surface area contributed by atoms with Crippen molar-refractivity contribution in [2.45, 2.75) is 83.2 Å². The molecular formula is C26H37NO. The molecule has 6 unspecified atom stereocenters. The lowest BCUT2D eigenvalue weighted by atomic mass is 9.45. The number of nitrogens with one attached hydrogen (secondary N) is 1. The molecule has 2 heteroatoms. The van der Waals surface area contributed by atoms with Crippen molar-refractivity contribution in [1.29, 1.82) is 5.41 Å². The monoisotopic (exact) mass is 379 g/mol. The first-order chi connectivity index (χ1) is 13.7. The Bertz CT molecular complexity index is 744. The fourth-order valence-electron chi connectivity index (χ4n) is 10.2. The first-order valence-electron chi connectivity index (χ1n) is 12.6. The van der Waals surface area contributed by atoms with Crippen LogP contribution in [0.3, 0.4) is 0 Å². The Morgan fingerprint density at radius 3 is 2.75 bits per heavy atom. The molecule has 1 aliphatic heterocycles. The van der Waals surface area contributed by atoms with Crippen LogP contribution in [0.25, 0.3) is 0 Å². The number of hydrogen-bond donors (Lipinski definition) is 1. The van der Waals surface area contributed by atoms with Crippen LogP contribution in [0.15, 0.2) is 11.6 Å². The van der Waals surface area contributed by atoms with E-state index in [1.165, 1.54) is 64.2 Å². The van der Waals surface area contributed by atoms with Gasteiger partial charge in [0.05, 0.1) is 5.60 Å². The molecule has 28 heavy (non-hydrogen) atoms. The summed E-state index contributed by atoms with van der Waals surface area (Å²) >= 11 is 0. The van der Waals surface area contributed by atoms with Gasteiger partial charge in [0.25, 0.3) is 0 Å². The van der Waals surface area contributed by atoms with E-state index in [0.717, 1.165) is 66.1 Å². The van der Waals surface area contributed by atoms with Crippen LogP contribution in [0.4, 0.5) is 0 Å². The van der Waals surface area contributed by atoms with Crippen molar-refractivity contribution >= 4 is 5.71 Å². The molecule has 1 spiro atoms. The molecule has 0 bridgehead atoms. The van der Waals surface area contributed by atoms with Gasteiger partial charge in [-0.15, -0.1) is 0 Å². The Hall–Kier alpha value is -0.630. The van der Waals surface area contributed by atoms with Crippen LogP contribution in [-0.4, -0.2) is 17.9 Å². The highest BCUT2D eigenvalue weighted by Crippen LogP contribution is 2.80. The van der Waals surface area contributed by atoms with E-state index in [2.05, 4.69) is 13.0 Å². The molecule has 1 saturated heterocycles. The summed E-state index contributed by atoms with van der Waals surface area (Å²) in [5, 5.41) is 8.27. The summed E-state index contributed by atoms with van der Waals surface area (Å²) in [6.07, 6.45) is 17.4. The van der Waals surface area contributed by atoms with Crippen LogP contribution in [0.2, 0.25) is 0 Å². The maximum Gasteiger partial charge on any atom is 0.0772 e. The SMILES string of the molecule is CC[C@]12CCC3C(C(C4CC4)CC4=CC(=N)CC[C@@H]43)C1C1CC1[C@@]21CCCO1. The Kier molecular flexibility index (Phi) is 3.38. The van der Waals surface area contributed by atoms with Gasteiger partial charge in [0.2, 0.25) is 0 Å². The maximum atomic E-state index is 8.27. The van der Waals surface area contributed by atoms with Crippen molar-refractivity contribution in [3.63, 3.8) is 0 Å². The summed E-state index contributed by atoms with van der Waals surface area (Å²) in [5.74, 6) is 7.56. The van der Waals surface area contributed by atoms with E-state index in [1.807, 2.05) is 0 Å². The molecule has 0 aromatic heterocycles. The Balaban J connectivity index is 1.33. The Labute approximate surface area is 170 Å². The van der Waals surface area contributed by atoms with Gasteiger partial charge < -0.3 is 10.1 Å². The molecule has 0 aromatic rings. The van der Waals surface area contributed by atoms with E-state index in [0.29, 0.717) is 5.41 Å². The van der Waals surface area contributed by atoms with Crippen molar-refractivity contribution in [3.05, 3.63) is 11.6 Å². The smallest absolute Gasteiger partial charge is 0.0772 e. The third-order valence-corrected chi connectivity index (χ3v) is 11.2. The minimum atomic E-state index is 0.279. The molecule has 0 radical (unpaired) electrons. The summed E-state index contributed by atoms with van der Waals surface area (Å²) in [5.41, 5.74) is 3.41. The lowest BCUT2D eigenvalue weighted by Crippen LogP contribution is -2.58. The third-order valence-electron chi connectivity index (χ3n) is 11.2. The molecule has 5 saturated carbocycles. The van der Waals surface area contributed by atoms with Crippen molar-refractivity contribution < 1.29 is 4.74 Å². The van der Waals surface area contributed by atoms with Crippen molar-refractivity contribution in [2.24, 2.45) is 52.8 Å². The standard InChI is InChI=1S/C26H37NO/c1-2-25-10-8-19-18-7-6-17(27)12-16(18)13-20(15-4-5-15)23(19)24(25)21-14-22(21)26(25)9-3-11-28-26/h12,15,18-24,27H,2-11,13-14H2,1H3/t18-,19?,20?,21?,22?,23?,24?,25-,26-/m0/s1. The van der Waals surface area contributed by atoms with Gasteiger partial charge in [-0.1, -0.05) is 12.5 Å². The number of fused-ring (bicyclic) bond motifs is 9. The van der Waals surface area contributed by atoms with Gasteiger partial charge >= 0.3 is 0 Å². The zero-order chi connectivity index (χ0) is 18.7. The van der Waals surface area contributed by atoms with Gasteiger partial charge in [-0.05, 0) is 124 Å². The average Bonchev–Trinajstić information content (AvgIpc) is 3.64. The highest BCUT2D eigenvalue weighted by atomic mass is 16.5. The van der Waals surface area contributed by atoms with Gasteiger partial charge in [0.15, 0.2) is 0 Å². The predicted molar refractivity (Wildman–Crippen MR) is 111 cm³/mol. The molecule has 9 atom stereocenters. The quantitative estimate of drug-likeness (QED) is 0.626. The van der Waals surface area contributed by atoms with Gasteiger partial charge in [0, 0.05) is 17.7 Å². The van der Waals surface area contributed by atoms with E-state index in [-0.39, 0.29) is 5.60 Å². The fourth-order valence-corrected chi connectivity index (χ4v) is 10.2. The second-order valence-corrected chi connectivity index (χ2v) is 11.8. The van der Waals surface area contributed by atoms with Crippen LogP contribution < -0.4 is 0 Å². The van der Waals surface area contributed by atoms with E-state index < -0.39 is 0 Å². The van der Waals surface area contributed by atoms with Gasteiger partial charge in [-0.3, -0.25) is 0 Å². The van der Waals surface area contributed by atoms with E-state index in [4.69, 9.17) is 10.1 Å². The zero-order valence-corrected chi connectivity index (χ0v) is 17.6. The van der Waals surface area contributed by atoms with Gasteiger partial charge in [0.1, 0.15) is 0 Å². The number of ether oxygens (including phenoxy) is 1. The lowest BCUT2D eigenvalue weighted by Gasteiger charge is -2.61. The molecule has 7 rings (SSSR count). The number of allylic oxidation sites excluding steroid dienone is 2. The fraction of sp³-hybridized carbons (Fsp3) is 0.885. The normalized spacial score (nSPS) is 56.7. The molecule has 152 valence electrons. The Morgan fingerprint density at radius 1 is 1.11 bits per heavy atom. The van der Waals surface area contributed by atoms with Crippen LogP contribution in [0.1, 0.15) is 77.6 Å². The molecular weight excluding hydrogens is 342 g/mol. The molecule has 6 fully saturated rings. The molecule has 7 aliphatic rings. The number of rotatable bonds is 2. The summed E-state index contributed by atoms with van der Waals surface area (Å²) in [6.45, 7) is 3.55. The van der Waals surface area contributed by atoms with Crippen LogP contribution >= 0.6 is 0 Å². The molecule has 6 aliphatic carbocycles. The van der Waals surface area contributed by atoms with Crippen molar-refractivity contribution in [2.75, 3.05) is 6.61 Å². The minimum Gasteiger partial charge on any atom is -0.374 e. The molecule has 0 amide bonds. The predicted octanol–water partition coefficient (Wildman–Crippen LogP) is 6.01. The second-order valence-electron chi connectivity index (χ2n) is 11.8. The van der Waals surface area contributed by atoms with Gasteiger partial charge in [-0.25, -0.2) is 0 Å². The lowest BCUT2D eigenvalue weighted by molar-refractivity contribution is -0.167. The largest absolute Gasteiger partial charge is 0.374 e. The van der Waals surface area contributed by atoms with Gasteiger partial charge in [-0.2, -0.15) is 0 Å². The van der Waals surface area contributed by atoms with E-state index in [9.17, 15) is 0 Å². The van der Waals surface area contributed by atoms with Crippen molar-refractivity contribution in [3.8, 4) is 0 Å². The van der Waals surface area contributed by atoms with E-state index >= 15 is 0 Å². The van der Waals surface area contributed by atoms with Crippen LogP contribution in [0.5, 0.6) is 0 Å². The summed E-state index contributed by atoms with van der Waals surface area (Å²) in [7, 11) is 0. The Morgan fingerprint density at radius 2 is 2.00 bits per heavy atom. The highest BCUT2D eigenvalue weighted by Gasteiger charge is 2.78. The molecule has 1 heterocycles. The van der Waals surface area contributed by atoms with Crippen LogP contribution in [0, 0.1) is 58.2 Å². The topological polar surface area (TPSA) is 33.1 Å². The molecule has 0 aromatic carbocycles. The summed E-state index contributed by atoms with van der Waals surface area (Å²) in [6, 6.07) is 0. The first-order valence-corrected chi connectivity index (χ1v) is 12.6. The third kappa shape index (κ3) is 1.93. The molecule has 2 nitrogen and oxygen atoms in total. The average molecular weight is 380 g/mol. The van der Waals surface area contributed by atoms with Crippen molar-refractivity contribution in [1.82, 2.24) is 0 Å². The zero-order valence-electron chi connectivity index (χ0n) is 17.6. The number of hydrogen-bond acceptors (Lipinski definition) is 2. The second kappa shape index (κ2) is 5.54. The molecule has 1 N–H and O–H groups in total. The van der Waals surface area contributed by atoms with E-state index in [1.54, 1.807) is 5.57 Å².